The van der Waals surface area contributed by atoms with Crippen molar-refractivity contribution in [2.75, 3.05) is 72.7 Å². The van der Waals surface area contributed by atoms with Gasteiger partial charge in [0.1, 0.15) is 0 Å². The summed E-state index contributed by atoms with van der Waals surface area (Å²) in [5, 5.41) is 0. The Morgan fingerprint density at radius 1 is 0.561 bits per heavy atom. The van der Waals surface area contributed by atoms with Gasteiger partial charge in [-0.25, -0.2) is 13.2 Å². The lowest BCUT2D eigenvalue weighted by molar-refractivity contribution is -0.136. The van der Waals surface area contributed by atoms with Gasteiger partial charge in [-0.15, -0.1) is 0 Å². The zero-order chi connectivity index (χ0) is 30.1. The molecule has 16 heteroatoms. The van der Waals surface area contributed by atoms with Crippen molar-refractivity contribution >= 4 is 16.1 Å². The van der Waals surface area contributed by atoms with E-state index in [1.54, 1.807) is 18.2 Å². The normalized spacial score (nSPS) is 11.6. The van der Waals surface area contributed by atoms with Gasteiger partial charge >= 0.3 is 5.97 Å². The standard InChI is InChI=1S/C25H29F5O10S/c26-20-21(27)23(29)25(24(30)22(20)28)40-19(31)6-7-34-8-9-35-10-11-36-12-13-37-14-15-38-16-17-39-41(32,33)18-4-2-1-3-5-18/h1-5H,6-17H2. The van der Waals surface area contributed by atoms with E-state index in [2.05, 4.69) is 4.74 Å². The van der Waals surface area contributed by atoms with E-state index in [4.69, 9.17) is 27.9 Å². The number of benzene rings is 2. The highest BCUT2D eigenvalue weighted by Crippen LogP contribution is 2.29. The average Bonchev–Trinajstić information content (AvgIpc) is 2.97. The fraction of sp³-hybridized carbons (Fsp3) is 0.480. The molecule has 0 aliphatic carbocycles. The third-order valence-electron chi connectivity index (χ3n) is 4.82. The number of esters is 1. The van der Waals surface area contributed by atoms with E-state index in [-0.39, 0.29) is 64.4 Å². The molecule has 0 saturated heterocycles. The Labute approximate surface area is 233 Å². The molecule has 0 bridgehead atoms. The first-order valence-corrected chi connectivity index (χ1v) is 13.6. The second-order valence-electron chi connectivity index (χ2n) is 7.77. The summed E-state index contributed by atoms with van der Waals surface area (Å²) < 4.78 is 125. The van der Waals surface area contributed by atoms with Crippen molar-refractivity contribution in [1.29, 1.82) is 0 Å². The van der Waals surface area contributed by atoms with E-state index >= 15 is 0 Å². The smallest absolute Gasteiger partial charge is 0.313 e. The molecule has 0 radical (unpaired) electrons. The SMILES string of the molecule is O=C(CCOCCOCCOCCOCCOCCOS(=O)(=O)c1ccccc1)Oc1c(F)c(F)c(F)c(F)c1F. The largest absolute Gasteiger partial charge is 0.420 e. The van der Waals surface area contributed by atoms with E-state index in [9.17, 15) is 35.2 Å². The van der Waals surface area contributed by atoms with Gasteiger partial charge in [-0.1, -0.05) is 18.2 Å². The lowest BCUT2D eigenvalue weighted by Crippen LogP contribution is -2.16. The molecule has 0 fully saturated rings. The molecule has 230 valence electrons. The number of halogens is 5. The molecule has 0 saturated carbocycles. The first-order valence-electron chi connectivity index (χ1n) is 12.2. The molecule has 10 nitrogen and oxygen atoms in total. The first-order chi connectivity index (χ1) is 19.6. The van der Waals surface area contributed by atoms with Crippen molar-refractivity contribution in [1.82, 2.24) is 0 Å². The summed E-state index contributed by atoms with van der Waals surface area (Å²) in [6.07, 6.45) is -0.502. The van der Waals surface area contributed by atoms with Gasteiger partial charge in [0, 0.05) is 0 Å². The van der Waals surface area contributed by atoms with Gasteiger partial charge in [0.15, 0.2) is 0 Å². The summed E-state index contributed by atoms with van der Waals surface area (Å²) in [6, 6.07) is 7.76. The Hall–Kier alpha value is -2.73. The van der Waals surface area contributed by atoms with Crippen molar-refractivity contribution < 1.29 is 67.8 Å². The molecular formula is C25H29F5O10S. The minimum atomic E-state index is -3.81. The molecule has 2 rings (SSSR count). The Kier molecular flexibility index (Phi) is 15.7. The summed E-state index contributed by atoms with van der Waals surface area (Å²) in [7, 11) is -3.81. The highest BCUT2D eigenvalue weighted by atomic mass is 32.2. The molecule has 0 unspecified atom stereocenters. The van der Waals surface area contributed by atoms with Crippen molar-refractivity contribution in [2.45, 2.75) is 11.3 Å². The predicted octanol–water partition coefficient (Wildman–Crippen LogP) is 3.17. The maximum atomic E-state index is 13.5. The van der Waals surface area contributed by atoms with Gasteiger partial charge in [0.05, 0.1) is 84.0 Å². The predicted molar refractivity (Wildman–Crippen MR) is 130 cm³/mol. The van der Waals surface area contributed by atoms with Gasteiger partial charge in [-0.2, -0.15) is 17.2 Å². The van der Waals surface area contributed by atoms with Crippen LogP contribution in [0.15, 0.2) is 35.2 Å². The van der Waals surface area contributed by atoms with Gasteiger partial charge in [-0.3, -0.25) is 8.98 Å². The molecule has 0 heterocycles. The van der Waals surface area contributed by atoms with Crippen LogP contribution in [0.1, 0.15) is 6.42 Å². The monoisotopic (exact) mass is 616 g/mol. The van der Waals surface area contributed by atoms with Gasteiger partial charge < -0.3 is 28.4 Å². The molecule has 0 aromatic heterocycles. The highest BCUT2D eigenvalue weighted by Gasteiger charge is 2.28. The number of carbonyl (C=O) groups excluding carboxylic acids is 1. The van der Waals surface area contributed by atoms with Crippen LogP contribution in [-0.2, 0) is 42.8 Å². The summed E-state index contributed by atoms with van der Waals surface area (Å²) in [5.41, 5.74) is 0. The third kappa shape index (κ3) is 12.4. The lowest BCUT2D eigenvalue weighted by atomic mass is 10.2. The molecule has 2 aromatic carbocycles. The zero-order valence-electron chi connectivity index (χ0n) is 21.8. The van der Waals surface area contributed by atoms with Crippen molar-refractivity contribution in [3.8, 4) is 5.75 Å². The van der Waals surface area contributed by atoms with Crippen LogP contribution in [0.2, 0.25) is 0 Å². The number of hydrogen-bond acceptors (Lipinski definition) is 10. The molecule has 0 aliphatic rings. The fourth-order valence-electron chi connectivity index (χ4n) is 2.83. The van der Waals surface area contributed by atoms with E-state index in [1.165, 1.54) is 12.1 Å². The van der Waals surface area contributed by atoms with Crippen molar-refractivity contribution in [3.63, 3.8) is 0 Å². The molecule has 0 atom stereocenters. The summed E-state index contributed by atoms with van der Waals surface area (Å²) >= 11 is 0. The second kappa shape index (κ2) is 18.7. The quantitative estimate of drug-likeness (QED) is 0.0394. The van der Waals surface area contributed by atoms with Crippen LogP contribution in [0.25, 0.3) is 0 Å². The lowest BCUT2D eigenvalue weighted by Gasteiger charge is -2.09. The minimum absolute atomic E-state index is 0.0577. The van der Waals surface area contributed by atoms with Crippen molar-refractivity contribution in [2.24, 2.45) is 0 Å². The number of carbonyl (C=O) groups is 1. The highest BCUT2D eigenvalue weighted by molar-refractivity contribution is 7.86. The molecule has 0 spiro atoms. The molecule has 41 heavy (non-hydrogen) atoms. The van der Waals surface area contributed by atoms with Crippen LogP contribution < -0.4 is 4.74 Å². The molecule has 0 amide bonds. The molecule has 2 aromatic rings. The van der Waals surface area contributed by atoms with E-state index in [0.29, 0.717) is 13.2 Å². The molecular weight excluding hydrogens is 587 g/mol. The summed E-state index contributed by atoms with van der Waals surface area (Å²) in [4.78, 5) is 11.7. The Bertz CT molecular complexity index is 1160. The Morgan fingerprint density at radius 2 is 0.951 bits per heavy atom. The first kappa shape index (κ1) is 34.5. The maximum Gasteiger partial charge on any atom is 0.313 e. The summed E-state index contributed by atoms with van der Waals surface area (Å²) in [6.45, 7) is 1.53. The van der Waals surface area contributed by atoms with Crippen LogP contribution in [-0.4, -0.2) is 87.1 Å². The molecule has 0 aliphatic heterocycles. The number of rotatable bonds is 21. The van der Waals surface area contributed by atoms with E-state index < -0.39 is 57.3 Å². The van der Waals surface area contributed by atoms with Gasteiger partial charge in [-0.05, 0) is 12.1 Å². The second-order valence-corrected chi connectivity index (χ2v) is 9.39. The van der Waals surface area contributed by atoms with Crippen LogP contribution in [0.4, 0.5) is 22.0 Å². The van der Waals surface area contributed by atoms with Crippen LogP contribution >= 0.6 is 0 Å². The van der Waals surface area contributed by atoms with Crippen LogP contribution in [0.3, 0.4) is 0 Å². The van der Waals surface area contributed by atoms with Gasteiger partial charge in [0.2, 0.25) is 34.8 Å². The van der Waals surface area contributed by atoms with Crippen LogP contribution in [0.5, 0.6) is 5.75 Å². The third-order valence-corrected chi connectivity index (χ3v) is 6.15. The van der Waals surface area contributed by atoms with Crippen molar-refractivity contribution in [3.05, 3.63) is 59.4 Å². The van der Waals surface area contributed by atoms with Crippen LogP contribution in [0, 0.1) is 29.1 Å². The summed E-state index contributed by atoms with van der Waals surface area (Å²) in [5.74, 6) is -14.2. The average molecular weight is 617 g/mol. The zero-order valence-corrected chi connectivity index (χ0v) is 22.6. The topological polar surface area (TPSA) is 116 Å². The molecule has 0 N–H and O–H groups in total. The number of hydrogen-bond donors (Lipinski definition) is 0. The Morgan fingerprint density at radius 3 is 1.41 bits per heavy atom. The van der Waals surface area contributed by atoms with Gasteiger partial charge in [0.25, 0.3) is 10.1 Å². The van der Waals surface area contributed by atoms with E-state index in [1.807, 2.05) is 0 Å². The maximum absolute atomic E-state index is 13.5. The fourth-order valence-corrected chi connectivity index (χ4v) is 3.75. The number of ether oxygens (including phenoxy) is 6. The Balaban J connectivity index is 1.37. The minimum Gasteiger partial charge on any atom is -0.420 e. The van der Waals surface area contributed by atoms with E-state index in [0.717, 1.165) is 0 Å².